The Labute approximate surface area is 79.0 Å². The SMILES string of the molecule is CC(O)C(NCC(C)(C)C)C(=O)O. The fraction of sp³-hybridized carbons (Fsp3) is 0.889. The molecule has 2 unspecified atom stereocenters. The van der Waals surface area contributed by atoms with Gasteiger partial charge >= 0.3 is 5.97 Å². The van der Waals surface area contributed by atoms with Crippen molar-refractivity contribution in [2.45, 2.75) is 39.8 Å². The summed E-state index contributed by atoms with van der Waals surface area (Å²) in [7, 11) is 0. The Bertz CT molecular complexity index is 172. The fourth-order valence-electron chi connectivity index (χ4n) is 0.880. The summed E-state index contributed by atoms with van der Waals surface area (Å²) in [6, 6.07) is -0.876. The van der Waals surface area contributed by atoms with Crippen molar-refractivity contribution in [3.05, 3.63) is 0 Å². The molecule has 0 saturated carbocycles. The average Bonchev–Trinajstić information content (AvgIpc) is 1.82. The summed E-state index contributed by atoms with van der Waals surface area (Å²) in [5.74, 6) is -1.01. The zero-order valence-corrected chi connectivity index (χ0v) is 8.66. The first-order valence-electron chi connectivity index (χ1n) is 4.38. The van der Waals surface area contributed by atoms with Crippen molar-refractivity contribution >= 4 is 5.97 Å². The zero-order valence-electron chi connectivity index (χ0n) is 8.66. The van der Waals surface area contributed by atoms with Crippen molar-refractivity contribution in [1.82, 2.24) is 5.32 Å². The van der Waals surface area contributed by atoms with E-state index in [0.717, 1.165) is 0 Å². The molecule has 0 aliphatic carbocycles. The zero-order chi connectivity index (χ0) is 10.6. The van der Waals surface area contributed by atoms with Crippen LogP contribution in [0.1, 0.15) is 27.7 Å². The average molecular weight is 189 g/mol. The number of hydrogen-bond acceptors (Lipinski definition) is 3. The number of rotatable bonds is 4. The smallest absolute Gasteiger partial charge is 0.323 e. The van der Waals surface area contributed by atoms with E-state index in [1.807, 2.05) is 20.8 Å². The summed E-state index contributed by atoms with van der Waals surface area (Å²) in [4.78, 5) is 10.6. The minimum absolute atomic E-state index is 0.0165. The van der Waals surface area contributed by atoms with Crippen LogP contribution in [0.5, 0.6) is 0 Å². The highest BCUT2D eigenvalue weighted by Gasteiger charge is 2.24. The van der Waals surface area contributed by atoms with Crippen molar-refractivity contribution in [2.24, 2.45) is 5.41 Å². The Kier molecular flexibility index (Phi) is 4.36. The van der Waals surface area contributed by atoms with Gasteiger partial charge in [-0.15, -0.1) is 0 Å². The summed E-state index contributed by atoms with van der Waals surface area (Å²) >= 11 is 0. The molecule has 4 heteroatoms. The van der Waals surface area contributed by atoms with E-state index in [9.17, 15) is 4.79 Å². The minimum atomic E-state index is -1.01. The van der Waals surface area contributed by atoms with Gasteiger partial charge < -0.3 is 15.5 Å². The van der Waals surface area contributed by atoms with Gasteiger partial charge in [0.1, 0.15) is 6.04 Å². The molecule has 78 valence electrons. The van der Waals surface area contributed by atoms with Crippen LogP contribution in [-0.4, -0.2) is 34.9 Å². The summed E-state index contributed by atoms with van der Waals surface area (Å²) in [5, 5.41) is 20.7. The van der Waals surface area contributed by atoms with Crippen LogP contribution in [0, 0.1) is 5.41 Å². The molecule has 0 rings (SSSR count). The second kappa shape index (κ2) is 4.58. The minimum Gasteiger partial charge on any atom is -0.480 e. The van der Waals surface area contributed by atoms with Crippen LogP contribution in [0.25, 0.3) is 0 Å². The molecule has 0 saturated heterocycles. The number of aliphatic hydroxyl groups is 1. The largest absolute Gasteiger partial charge is 0.480 e. The Hall–Kier alpha value is -0.610. The lowest BCUT2D eigenvalue weighted by Gasteiger charge is -2.23. The molecule has 0 bridgehead atoms. The monoisotopic (exact) mass is 189 g/mol. The number of carbonyl (C=O) groups is 1. The fourth-order valence-corrected chi connectivity index (χ4v) is 0.880. The maximum Gasteiger partial charge on any atom is 0.323 e. The summed E-state index contributed by atoms with van der Waals surface area (Å²) in [6.07, 6.45) is -0.875. The number of aliphatic hydroxyl groups excluding tert-OH is 1. The summed E-state index contributed by atoms with van der Waals surface area (Å²) in [5.41, 5.74) is 0.0165. The lowest BCUT2D eigenvalue weighted by molar-refractivity contribution is -0.142. The van der Waals surface area contributed by atoms with Crippen molar-refractivity contribution < 1.29 is 15.0 Å². The van der Waals surface area contributed by atoms with Gasteiger partial charge in [-0.2, -0.15) is 0 Å². The van der Waals surface area contributed by atoms with Gasteiger partial charge in [-0.05, 0) is 12.3 Å². The molecule has 3 N–H and O–H groups in total. The van der Waals surface area contributed by atoms with Crippen molar-refractivity contribution in [1.29, 1.82) is 0 Å². The van der Waals surface area contributed by atoms with E-state index in [0.29, 0.717) is 6.54 Å². The van der Waals surface area contributed by atoms with Crippen LogP contribution in [0.2, 0.25) is 0 Å². The summed E-state index contributed by atoms with van der Waals surface area (Å²) < 4.78 is 0. The van der Waals surface area contributed by atoms with Crippen LogP contribution in [0.15, 0.2) is 0 Å². The van der Waals surface area contributed by atoms with Crippen LogP contribution in [0.4, 0.5) is 0 Å². The normalized spacial score (nSPS) is 16.7. The van der Waals surface area contributed by atoms with E-state index >= 15 is 0 Å². The maximum absolute atomic E-state index is 10.6. The number of carboxylic acids is 1. The van der Waals surface area contributed by atoms with E-state index in [1.165, 1.54) is 6.92 Å². The van der Waals surface area contributed by atoms with Gasteiger partial charge in [0, 0.05) is 6.54 Å². The number of hydrogen-bond donors (Lipinski definition) is 3. The summed E-state index contributed by atoms with van der Waals surface area (Å²) in [6.45, 7) is 8.03. The van der Waals surface area contributed by atoms with E-state index < -0.39 is 18.1 Å². The van der Waals surface area contributed by atoms with Crippen LogP contribution in [0.3, 0.4) is 0 Å². The van der Waals surface area contributed by atoms with Gasteiger partial charge in [-0.25, -0.2) is 0 Å². The third kappa shape index (κ3) is 5.60. The van der Waals surface area contributed by atoms with E-state index in [2.05, 4.69) is 5.32 Å². The second-order valence-electron chi connectivity index (χ2n) is 4.50. The molecule has 0 radical (unpaired) electrons. The molecular formula is C9H19NO3. The predicted octanol–water partition coefficient (Wildman–Crippen LogP) is 0.456. The van der Waals surface area contributed by atoms with E-state index in [1.54, 1.807) is 0 Å². The van der Waals surface area contributed by atoms with Crippen LogP contribution in [-0.2, 0) is 4.79 Å². The molecule has 0 aromatic carbocycles. The molecule has 2 atom stereocenters. The number of nitrogens with one attached hydrogen (secondary N) is 1. The van der Waals surface area contributed by atoms with Gasteiger partial charge in [-0.1, -0.05) is 20.8 Å². The molecule has 0 aromatic heterocycles. The molecular weight excluding hydrogens is 170 g/mol. The van der Waals surface area contributed by atoms with Gasteiger partial charge in [0.15, 0.2) is 0 Å². The molecule has 0 aromatic rings. The first kappa shape index (κ1) is 12.4. The molecule has 13 heavy (non-hydrogen) atoms. The molecule has 0 spiro atoms. The standard InChI is InChI=1S/C9H19NO3/c1-6(11)7(8(12)13)10-5-9(2,3)4/h6-7,10-11H,5H2,1-4H3,(H,12,13). The molecule has 0 aliphatic heterocycles. The second-order valence-corrected chi connectivity index (χ2v) is 4.50. The third-order valence-corrected chi connectivity index (χ3v) is 1.60. The Morgan fingerprint density at radius 2 is 1.92 bits per heavy atom. The highest BCUT2D eigenvalue weighted by molar-refractivity contribution is 5.74. The number of carboxylic acid groups (broad SMARTS) is 1. The van der Waals surface area contributed by atoms with Crippen LogP contribution < -0.4 is 5.32 Å². The van der Waals surface area contributed by atoms with Crippen molar-refractivity contribution in [3.63, 3.8) is 0 Å². The topological polar surface area (TPSA) is 69.6 Å². The predicted molar refractivity (Wildman–Crippen MR) is 50.6 cm³/mol. The van der Waals surface area contributed by atoms with Gasteiger partial charge in [0.25, 0.3) is 0 Å². The van der Waals surface area contributed by atoms with Gasteiger partial charge in [-0.3, -0.25) is 4.79 Å². The highest BCUT2D eigenvalue weighted by Crippen LogP contribution is 2.11. The third-order valence-electron chi connectivity index (χ3n) is 1.60. The molecule has 4 nitrogen and oxygen atoms in total. The first-order valence-corrected chi connectivity index (χ1v) is 4.38. The van der Waals surface area contributed by atoms with Crippen molar-refractivity contribution in [3.8, 4) is 0 Å². The maximum atomic E-state index is 10.6. The Balaban J connectivity index is 4.06. The Morgan fingerprint density at radius 1 is 1.46 bits per heavy atom. The highest BCUT2D eigenvalue weighted by atomic mass is 16.4. The molecule has 0 aliphatic rings. The van der Waals surface area contributed by atoms with Gasteiger partial charge in [0.05, 0.1) is 6.10 Å². The number of aliphatic carboxylic acids is 1. The quantitative estimate of drug-likeness (QED) is 0.601. The molecule has 0 amide bonds. The van der Waals surface area contributed by atoms with E-state index in [4.69, 9.17) is 10.2 Å². The van der Waals surface area contributed by atoms with Crippen LogP contribution >= 0.6 is 0 Å². The lowest BCUT2D eigenvalue weighted by Crippen LogP contribution is -2.47. The Morgan fingerprint density at radius 3 is 2.15 bits per heavy atom. The molecule has 0 heterocycles. The van der Waals surface area contributed by atoms with Gasteiger partial charge in [0.2, 0.25) is 0 Å². The van der Waals surface area contributed by atoms with Crippen molar-refractivity contribution in [2.75, 3.05) is 6.54 Å². The van der Waals surface area contributed by atoms with E-state index in [-0.39, 0.29) is 5.41 Å². The lowest BCUT2D eigenvalue weighted by atomic mass is 9.96. The molecule has 0 fully saturated rings. The first-order chi connectivity index (χ1) is 5.74.